The average molecular weight is 536 g/mol. The zero-order valence-electron chi connectivity index (χ0n) is 19.2. The SMILES string of the molecule is CCC[C@H](c1ccc(C(=O)NCCC(=O)O)cc1)[C@@H](Oc1ccc([ClH+])c(Cl)c1)c1ccc(Cl)cc1. The molecule has 3 aromatic rings. The molecule has 184 valence electrons. The molecule has 0 bridgehead atoms. The number of carboxylic acid groups (broad SMARTS) is 1. The number of hydrogen-bond donors (Lipinski definition) is 2. The first kappa shape index (κ1) is 26.9. The van der Waals surface area contributed by atoms with Gasteiger partial charge in [0.2, 0.25) is 5.02 Å². The quantitative estimate of drug-likeness (QED) is 0.290. The van der Waals surface area contributed by atoms with E-state index in [1.165, 1.54) is 0 Å². The molecular weight excluding hydrogens is 509 g/mol. The largest absolute Gasteiger partial charge is 0.485 e. The van der Waals surface area contributed by atoms with E-state index in [9.17, 15) is 9.59 Å². The molecule has 0 aliphatic carbocycles. The second-order valence-corrected chi connectivity index (χ2v) is 9.38. The van der Waals surface area contributed by atoms with E-state index >= 15 is 0 Å². The van der Waals surface area contributed by atoms with Gasteiger partial charge in [0.05, 0.1) is 6.42 Å². The van der Waals surface area contributed by atoms with Gasteiger partial charge in [-0.25, -0.2) is 0 Å². The highest BCUT2D eigenvalue weighted by Crippen LogP contribution is 2.39. The van der Waals surface area contributed by atoms with Crippen LogP contribution in [0.3, 0.4) is 0 Å². The molecule has 0 spiro atoms. The minimum Gasteiger partial charge on any atom is -0.485 e. The summed E-state index contributed by atoms with van der Waals surface area (Å²) in [6.07, 6.45) is 1.29. The van der Waals surface area contributed by atoms with Crippen molar-refractivity contribution in [1.29, 1.82) is 0 Å². The molecule has 0 aliphatic heterocycles. The van der Waals surface area contributed by atoms with E-state index in [-0.39, 0.29) is 30.9 Å². The summed E-state index contributed by atoms with van der Waals surface area (Å²) in [4.78, 5) is 23.0. The van der Waals surface area contributed by atoms with Gasteiger partial charge < -0.3 is 15.2 Å². The van der Waals surface area contributed by atoms with Crippen molar-refractivity contribution in [2.75, 3.05) is 6.54 Å². The molecule has 0 aromatic heterocycles. The van der Waals surface area contributed by atoms with Crippen LogP contribution in [0, 0.1) is 11.6 Å². The molecule has 8 heteroatoms. The van der Waals surface area contributed by atoms with Crippen molar-refractivity contribution in [2.24, 2.45) is 0 Å². The molecule has 3 aromatic carbocycles. The Balaban J connectivity index is 1.90. The van der Waals surface area contributed by atoms with Crippen LogP contribution in [0.5, 0.6) is 5.75 Å². The Bertz CT molecular complexity index is 1150. The highest BCUT2D eigenvalue weighted by Gasteiger charge is 2.27. The Morgan fingerprint density at radius 3 is 2.26 bits per heavy atom. The number of aliphatic carboxylic acids is 1. The third kappa shape index (κ3) is 7.63. The molecule has 0 heterocycles. The molecule has 0 radical (unpaired) electrons. The van der Waals surface area contributed by atoms with Crippen molar-refractivity contribution in [1.82, 2.24) is 5.32 Å². The van der Waals surface area contributed by atoms with Crippen LogP contribution >= 0.6 is 23.2 Å². The molecule has 0 saturated heterocycles. The first-order valence-corrected chi connectivity index (χ1v) is 12.4. The van der Waals surface area contributed by atoms with E-state index in [1.807, 2.05) is 42.5 Å². The molecular formula is C27H27Cl3NO4+. The summed E-state index contributed by atoms with van der Waals surface area (Å²) in [5, 5.41) is 13.0. The topological polar surface area (TPSA) is 75.6 Å². The van der Waals surface area contributed by atoms with Crippen molar-refractivity contribution < 1.29 is 31.0 Å². The van der Waals surface area contributed by atoms with Crippen LogP contribution in [0.1, 0.15) is 59.7 Å². The maximum absolute atomic E-state index is 12.4. The summed E-state index contributed by atoms with van der Waals surface area (Å²) in [5.41, 5.74) is 2.44. The van der Waals surface area contributed by atoms with E-state index in [0.29, 0.717) is 26.4 Å². The lowest BCUT2D eigenvalue weighted by Crippen LogP contribution is -2.26. The van der Waals surface area contributed by atoms with Gasteiger partial charge in [-0.2, -0.15) is 0 Å². The number of hydrogen-bond acceptors (Lipinski definition) is 3. The highest BCUT2D eigenvalue weighted by molar-refractivity contribution is 6.31. The summed E-state index contributed by atoms with van der Waals surface area (Å²) in [6.45, 7) is 2.19. The van der Waals surface area contributed by atoms with Crippen LogP contribution in [-0.2, 0) is 4.79 Å². The molecule has 1 amide bonds. The molecule has 35 heavy (non-hydrogen) atoms. The minimum atomic E-state index is -0.958. The smallest absolute Gasteiger partial charge is 0.305 e. The Labute approximate surface area is 220 Å². The Kier molecular flexibility index (Phi) is 9.84. The zero-order valence-corrected chi connectivity index (χ0v) is 21.5. The number of ether oxygens (including phenoxy) is 1. The van der Waals surface area contributed by atoms with Crippen molar-refractivity contribution >= 4 is 35.1 Å². The van der Waals surface area contributed by atoms with Gasteiger partial charge >= 0.3 is 5.97 Å². The summed E-state index contributed by atoms with van der Waals surface area (Å²) >= 11 is 17.6. The van der Waals surface area contributed by atoms with Crippen LogP contribution in [0.2, 0.25) is 15.1 Å². The lowest BCUT2D eigenvalue weighted by atomic mass is 9.85. The first-order chi connectivity index (χ1) is 16.8. The number of nitrogens with one attached hydrogen (secondary N) is 1. The molecule has 2 N–H and O–H groups in total. The fourth-order valence-corrected chi connectivity index (χ4v) is 4.23. The lowest BCUT2D eigenvalue weighted by Gasteiger charge is -2.29. The maximum Gasteiger partial charge on any atom is 0.305 e. The van der Waals surface area contributed by atoms with Gasteiger partial charge in [0, 0.05) is 35.2 Å². The first-order valence-electron chi connectivity index (χ1n) is 11.3. The summed E-state index contributed by atoms with van der Waals surface area (Å²) in [7, 11) is 0. The predicted octanol–water partition coefficient (Wildman–Crippen LogP) is 6.60. The van der Waals surface area contributed by atoms with Crippen LogP contribution in [0.25, 0.3) is 0 Å². The van der Waals surface area contributed by atoms with Crippen molar-refractivity contribution in [3.8, 4) is 5.75 Å². The third-order valence-corrected chi connectivity index (χ3v) is 6.59. The monoisotopic (exact) mass is 534 g/mol. The van der Waals surface area contributed by atoms with E-state index in [4.69, 9.17) is 44.6 Å². The number of benzene rings is 3. The lowest BCUT2D eigenvalue weighted by molar-refractivity contribution is -0.288. The summed E-state index contributed by atoms with van der Waals surface area (Å²) in [6, 6.07) is 20.2. The molecule has 5 nitrogen and oxygen atoms in total. The van der Waals surface area contributed by atoms with E-state index in [0.717, 1.165) is 24.0 Å². The van der Waals surface area contributed by atoms with Gasteiger partial charge in [0.1, 0.15) is 16.9 Å². The van der Waals surface area contributed by atoms with Gasteiger partial charge in [0.15, 0.2) is 11.6 Å². The van der Waals surface area contributed by atoms with Gasteiger partial charge in [-0.15, -0.1) is 0 Å². The van der Waals surface area contributed by atoms with E-state index < -0.39 is 5.97 Å². The average Bonchev–Trinajstić information content (AvgIpc) is 2.84. The summed E-state index contributed by atoms with van der Waals surface area (Å²) < 4.78 is 6.49. The molecule has 0 aliphatic rings. The molecule has 2 atom stereocenters. The molecule has 0 saturated carbocycles. The summed E-state index contributed by atoms with van der Waals surface area (Å²) in [5.74, 6) is -0.680. The number of carbonyl (C=O) groups excluding carboxylic acids is 1. The predicted molar refractivity (Wildman–Crippen MR) is 136 cm³/mol. The fourth-order valence-electron chi connectivity index (χ4n) is 3.81. The van der Waals surface area contributed by atoms with E-state index in [1.54, 1.807) is 24.3 Å². The van der Waals surface area contributed by atoms with Gasteiger partial charge in [-0.1, -0.05) is 60.8 Å². The number of carboxylic acids is 1. The van der Waals surface area contributed by atoms with Crippen molar-refractivity contribution in [3.05, 3.63) is 98.5 Å². The number of halogens is 3. The third-order valence-electron chi connectivity index (χ3n) is 5.56. The number of amides is 1. The van der Waals surface area contributed by atoms with Crippen LogP contribution in [0.4, 0.5) is 0 Å². The molecule has 0 fully saturated rings. The van der Waals surface area contributed by atoms with Crippen molar-refractivity contribution in [2.45, 2.75) is 38.2 Å². The van der Waals surface area contributed by atoms with Crippen LogP contribution in [-0.4, -0.2) is 23.5 Å². The minimum absolute atomic E-state index is 0.0211. The van der Waals surface area contributed by atoms with Gasteiger partial charge in [-0.3, -0.25) is 9.59 Å². The second kappa shape index (κ2) is 12.8. The van der Waals surface area contributed by atoms with Crippen LogP contribution < -0.4 is 10.1 Å². The fraction of sp³-hybridized carbons (Fsp3) is 0.259. The van der Waals surface area contributed by atoms with Crippen molar-refractivity contribution in [3.63, 3.8) is 0 Å². The maximum atomic E-state index is 12.4. The Hall–Kier alpha value is -2.73. The molecule has 0 unspecified atom stereocenters. The van der Waals surface area contributed by atoms with Crippen LogP contribution in [0.15, 0.2) is 66.7 Å². The highest BCUT2D eigenvalue weighted by atomic mass is 35.5. The van der Waals surface area contributed by atoms with Gasteiger partial charge in [0.25, 0.3) is 5.91 Å². The Morgan fingerprint density at radius 2 is 1.66 bits per heavy atom. The molecule has 3 rings (SSSR count). The Morgan fingerprint density at radius 1 is 1.00 bits per heavy atom. The number of rotatable bonds is 11. The standard InChI is InChI=1S/C27H26Cl3NO4/c1-2-3-22(17-4-6-19(7-5-17)27(34)31-15-14-25(32)33)26(18-8-10-20(28)11-9-18)35-21-12-13-23(29)24(30)16-21/h4-13,16,22,26,29H,2-3,14-15H2,1H3,(H-,31,32,33,34)/p+1/t22-,26+/m1/s1. The normalized spacial score (nSPS) is 12.6. The van der Waals surface area contributed by atoms with Gasteiger partial charge in [-0.05, 0) is 47.9 Å². The zero-order chi connectivity index (χ0) is 25.4. The van der Waals surface area contributed by atoms with E-state index in [2.05, 4.69) is 12.2 Å². The second-order valence-electron chi connectivity index (χ2n) is 8.10. The number of carbonyl (C=O) groups is 2.